The molecule has 0 bridgehead atoms. The number of hydrogen-bond donors (Lipinski definition) is 4. The Morgan fingerprint density at radius 3 is 2.50 bits per heavy atom. The number of unbranched alkanes of at least 4 members (excludes halogenated alkanes) is 1. The van der Waals surface area contributed by atoms with Gasteiger partial charge in [0.2, 0.25) is 0 Å². The minimum absolute atomic E-state index is 0.0556. The summed E-state index contributed by atoms with van der Waals surface area (Å²) in [5.74, 6) is 0. The van der Waals surface area contributed by atoms with Gasteiger partial charge in [0, 0.05) is 6.04 Å². The van der Waals surface area contributed by atoms with Gasteiger partial charge in [0.05, 0.1) is 6.73 Å². The largest absolute Gasteiger partial charge is 0.381 e. The Bertz CT molecular complexity index is 101. The monoisotopic (exact) mass is 176 g/mol. The zero-order valence-electron chi connectivity index (χ0n) is 7.88. The first-order chi connectivity index (χ1) is 5.76. The van der Waals surface area contributed by atoms with Gasteiger partial charge >= 0.3 is 0 Å². The van der Waals surface area contributed by atoms with Crippen molar-refractivity contribution in [1.29, 1.82) is 0 Å². The Labute approximate surface area is 74.0 Å². The minimum atomic E-state index is -0.580. The molecule has 0 saturated heterocycles. The summed E-state index contributed by atoms with van der Waals surface area (Å²) in [4.78, 5) is 0. The number of aliphatic hydroxyl groups is 2. The van der Waals surface area contributed by atoms with Crippen LogP contribution < -0.4 is 10.6 Å². The third kappa shape index (κ3) is 4.66. The van der Waals surface area contributed by atoms with Crippen LogP contribution in [0.4, 0.5) is 0 Å². The molecule has 4 nitrogen and oxygen atoms in total. The van der Waals surface area contributed by atoms with Crippen molar-refractivity contribution in [3.05, 3.63) is 0 Å². The van der Waals surface area contributed by atoms with Crippen LogP contribution in [-0.2, 0) is 0 Å². The van der Waals surface area contributed by atoms with Gasteiger partial charge in [-0.1, -0.05) is 19.8 Å². The number of likely N-dealkylation sites (N-methyl/N-ethyl adjacent to an activating group) is 1. The summed E-state index contributed by atoms with van der Waals surface area (Å²) in [6.07, 6.45) is 2.44. The summed E-state index contributed by atoms with van der Waals surface area (Å²) in [5, 5.41) is 23.6. The molecule has 0 saturated carbocycles. The molecule has 0 aromatic rings. The first kappa shape index (κ1) is 11.8. The smallest absolute Gasteiger partial charge is 0.120 e. The van der Waals surface area contributed by atoms with Gasteiger partial charge in [-0.15, -0.1) is 0 Å². The number of rotatable bonds is 7. The second kappa shape index (κ2) is 7.49. The van der Waals surface area contributed by atoms with E-state index in [0.29, 0.717) is 0 Å². The molecule has 0 aromatic heterocycles. The fourth-order valence-electron chi connectivity index (χ4n) is 1.11. The molecule has 0 aromatic carbocycles. The molecular formula is C8H20N2O2. The van der Waals surface area contributed by atoms with Gasteiger partial charge in [0.1, 0.15) is 6.23 Å². The minimum Gasteiger partial charge on any atom is -0.381 e. The molecule has 0 spiro atoms. The summed E-state index contributed by atoms with van der Waals surface area (Å²) in [6, 6.07) is -0.0556. The number of aliphatic hydroxyl groups excluding tert-OH is 2. The van der Waals surface area contributed by atoms with Gasteiger partial charge in [0.15, 0.2) is 0 Å². The van der Waals surface area contributed by atoms with E-state index < -0.39 is 6.23 Å². The van der Waals surface area contributed by atoms with Gasteiger partial charge < -0.3 is 10.2 Å². The van der Waals surface area contributed by atoms with E-state index in [2.05, 4.69) is 17.6 Å². The van der Waals surface area contributed by atoms with E-state index in [9.17, 15) is 5.11 Å². The quantitative estimate of drug-likeness (QED) is 0.399. The average molecular weight is 176 g/mol. The molecule has 1 unspecified atom stereocenters. The maximum Gasteiger partial charge on any atom is 0.120 e. The van der Waals surface area contributed by atoms with Crippen molar-refractivity contribution in [2.24, 2.45) is 0 Å². The van der Waals surface area contributed by atoms with Crippen LogP contribution in [0.1, 0.15) is 26.2 Å². The van der Waals surface area contributed by atoms with Crippen LogP contribution in [0.5, 0.6) is 0 Å². The molecule has 0 radical (unpaired) electrons. The van der Waals surface area contributed by atoms with E-state index in [4.69, 9.17) is 5.11 Å². The highest BCUT2D eigenvalue weighted by molar-refractivity contribution is 4.71. The topological polar surface area (TPSA) is 64.5 Å². The highest BCUT2D eigenvalue weighted by Gasteiger charge is 2.14. The zero-order chi connectivity index (χ0) is 9.40. The third-order valence-electron chi connectivity index (χ3n) is 1.90. The Balaban J connectivity index is 3.68. The molecule has 0 aliphatic carbocycles. The standard InChI is InChI=1S/C8H20N2O2/c1-3-4-5-7(10-6-11)8(12)9-2/h7-12H,3-6H2,1-2H3/t7-,8?/m0/s1. The molecule has 74 valence electrons. The van der Waals surface area contributed by atoms with E-state index in [-0.39, 0.29) is 12.8 Å². The van der Waals surface area contributed by atoms with Crippen molar-refractivity contribution < 1.29 is 10.2 Å². The van der Waals surface area contributed by atoms with Crippen molar-refractivity contribution in [2.45, 2.75) is 38.5 Å². The SMILES string of the molecule is CCCC[C@H](NCO)C(O)NC. The van der Waals surface area contributed by atoms with Crippen molar-refractivity contribution in [3.63, 3.8) is 0 Å². The van der Waals surface area contributed by atoms with Crippen LogP contribution in [0.3, 0.4) is 0 Å². The summed E-state index contributed by atoms with van der Waals surface area (Å²) in [5.41, 5.74) is 0. The maximum atomic E-state index is 9.39. The van der Waals surface area contributed by atoms with E-state index in [0.717, 1.165) is 19.3 Å². The lowest BCUT2D eigenvalue weighted by Gasteiger charge is -2.22. The maximum absolute atomic E-state index is 9.39. The lowest BCUT2D eigenvalue weighted by molar-refractivity contribution is 0.0807. The van der Waals surface area contributed by atoms with Crippen molar-refractivity contribution >= 4 is 0 Å². The first-order valence-corrected chi connectivity index (χ1v) is 4.45. The molecule has 4 N–H and O–H groups in total. The summed E-state index contributed by atoms with van der Waals surface area (Å²) >= 11 is 0. The highest BCUT2D eigenvalue weighted by Crippen LogP contribution is 2.02. The third-order valence-corrected chi connectivity index (χ3v) is 1.90. The lowest BCUT2D eigenvalue weighted by Crippen LogP contribution is -2.46. The molecule has 0 rings (SSSR count). The molecule has 2 atom stereocenters. The van der Waals surface area contributed by atoms with Gasteiger partial charge in [-0.05, 0) is 13.5 Å². The Morgan fingerprint density at radius 1 is 1.42 bits per heavy atom. The summed E-state index contributed by atoms with van der Waals surface area (Å²) in [7, 11) is 1.70. The van der Waals surface area contributed by atoms with E-state index in [1.54, 1.807) is 7.05 Å². The Morgan fingerprint density at radius 2 is 2.08 bits per heavy atom. The van der Waals surface area contributed by atoms with Crippen LogP contribution in [0.15, 0.2) is 0 Å². The molecule has 0 aliphatic rings. The Hall–Kier alpha value is -0.160. The first-order valence-electron chi connectivity index (χ1n) is 4.45. The van der Waals surface area contributed by atoms with Crippen LogP contribution >= 0.6 is 0 Å². The van der Waals surface area contributed by atoms with Crippen molar-refractivity contribution in [2.75, 3.05) is 13.8 Å². The van der Waals surface area contributed by atoms with E-state index >= 15 is 0 Å². The van der Waals surface area contributed by atoms with E-state index in [1.165, 1.54) is 0 Å². The predicted molar refractivity (Wildman–Crippen MR) is 48.6 cm³/mol. The molecule has 0 amide bonds. The molecule has 0 aliphatic heterocycles. The summed E-state index contributed by atoms with van der Waals surface area (Å²) < 4.78 is 0. The molecule has 0 fully saturated rings. The summed E-state index contributed by atoms with van der Waals surface area (Å²) in [6.45, 7) is 2.01. The fourth-order valence-corrected chi connectivity index (χ4v) is 1.11. The number of hydrogen-bond acceptors (Lipinski definition) is 4. The molecular weight excluding hydrogens is 156 g/mol. The number of nitrogens with one attached hydrogen (secondary N) is 2. The van der Waals surface area contributed by atoms with Gasteiger partial charge in [0.25, 0.3) is 0 Å². The normalized spacial score (nSPS) is 16.0. The van der Waals surface area contributed by atoms with Crippen LogP contribution in [0.25, 0.3) is 0 Å². The van der Waals surface area contributed by atoms with Crippen LogP contribution in [-0.4, -0.2) is 36.3 Å². The highest BCUT2D eigenvalue weighted by atomic mass is 16.3. The Kier molecular flexibility index (Phi) is 7.39. The van der Waals surface area contributed by atoms with Gasteiger partial charge in [-0.25, -0.2) is 0 Å². The zero-order valence-corrected chi connectivity index (χ0v) is 7.88. The van der Waals surface area contributed by atoms with Gasteiger partial charge in [-0.3, -0.25) is 10.6 Å². The lowest BCUT2D eigenvalue weighted by atomic mass is 10.1. The molecule has 12 heavy (non-hydrogen) atoms. The predicted octanol–water partition coefficient (Wildman–Crippen LogP) is -0.378. The molecule has 4 heteroatoms. The van der Waals surface area contributed by atoms with Crippen molar-refractivity contribution in [3.8, 4) is 0 Å². The van der Waals surface area contributed by atoms with Crippen LogP contribution in [0, 0.1) is 0 Å². The second-order valence-corrected chi connectivity index (χ2v) is 2.84. The molecule has 0 heterocycles. The van der Waals surface area contributed by atoms with Crippen LogP contribution in [0.2, 0.25) is 0 Å². The fraction of sp³-hybridized carbons (Fsp3) is 1.00. The van der Waals surface area contributed by atoms with Gasteiger partial charge in [-0.2, -0.15) is 0 Å². The van der Waals surface area contributed by atoms with E-state index in [1.807, 2.05) is 0 Å². The second-order valence-electron chi connectivity index (χ2n) is 2.84. The van der Waals surface area contributed by atoms with Crippen molar-refractivity contribution in [1.82, 2.24) is 10.6 Å². The average Bonchev–Trinajstić information content (AvgIpc) is 2.11.